The first kappa shape index (κ1) is 25.0. The molecule has 0 bridgehead atoms. The number of benzene rings is 3. The number of nitrogens with one attached hydrogen (secondary N) is 1. The van der Waals surface area contributed by atoms with E-state index in [0.29, 0.717) is 23.6 Å². The first-order valence-corrected chi connectivity index (χ1v) is 11.3. The van der Waals surface area contributed by atoms with Gasteiger partial charge in [0.25, 0.3) is 0 Å². The number of hydrazone groups is 1. The number of amides is 2. The Balaban J connectivity index is 1.76. The van der Waals surface area contributed by atoms with Gasteiger partial charge in [0.15, 0.2) is 11.5 Å². The summed E-state index contributed by atoms with van der Waals surface area (Å²) in [5.41, 5.74) is 4.97. The smallest absolute Gasteiger partial charge is 0.387 e. The number of fused-ring (bicyclic) bond motifs is 1. The lowest BCUT2D eigenvalue weighted by molar-refractivity contribution is -0.0498. The molecule has 1 aliphatic rings. The van der Waals surface area contributed by atoms with Crippen LogP contribution in [0, 0.1) is 0 Å². The third kappa shape index (κ3) is 5.10. The molecule has 1 heterocycles. The van der Waals surface area contributed by atoms with Crippen LogP contribution in [0.3, 0.4) is 0 Å². The second-order valence-corrected chi connectivity index (χ2v) is 8.25. The van der Waals surface area contributed by atoms with E-state index in [9.17, 15) is 13.6 Å². The number of hydrogen-bond acceptors (Lipinski definition) is 5. The topological polar surface area (TPSA) is 72.4 Å². The van der Waals surface area contributed by atoms with Gasteiger partial charge in [-0.1, -0.05) is 36.4 Å². The maximum atomic E-state index is 12.6. The second kappa shape index (κ2) is 10.6. The molecular formula is C27H27F2N3O4. The zero-order valence-electron chi connectivity index (χ0n) is 20.4. The van der Waals surface area contributed by atoms with Crippen molar-refractivity contribution in [1.29, 1.82) is 0 Å². The minimum absolute atomic E-state index is 0.0996. The average Bonchev–Trinajstić information content (AvgIpc) is 3.03. The van der Waals surface area contributed by atoms with Crippen LogP contribution in [0.25, 0.3) is 11.1 Å². The van der Waals surface area contributed by atoms with Gasteiger partial charge < -0.3 is 19.5 Å². The molecule has 2 amide bonds. The standard InChI is InChI=1S/C27H27F2N3O4/c1-16-13-20-14-23(34-3)24(35-4)15-22(20)25(31-32(16)27(33)30-2)19-7-5-17(6-8-19)18-9-11-21(12-10-18)36-26(28)29/h5-12,14-16,26H,13H2,1-4H3,(H,30,33). The van der Waals surface area contributed by atoms with Crippen LogP contribution in [0.4, 0.5) is 13.6 Å². The molecule has 1 N–H and O–H groups in total. The molecule has 188 valence electrons. The van der Waals surface area contributed by atoms with Crippen LogP contribution >= 0.6 is 0 Å². The van der Waals surface area contributed by atoms with Gasteiger partial charge in [-0.2, -0.15) is 13.9 Å². The van der Waals surface area contributed by atoms with E-state index in [1.165, 1.54) is 17.1 Å². The van der Waals surface area contributed by atoms with Crippen molar-refractivity contribution < 1.29 is 27.8 Å². The van der Waals surface area contributed by atoms with Gasteiger partial charge in [-0.3, -0.25) is 0 Å². The third-order valence-corrected chi connectivity index (χ3v) is 6.00. The minimum Gasteiger partial charge on any atom is -0.493 e. The van der Waals surface area contributed by atoms with Crippen molar-refractivity contribution in [3.63, 3.8) is 0 Å². The Morgan fingerprint density at radius 2 is 1.53 bits per heavy atom. The van der Waals surface area contributed by atoms with Gasteiger partial charge in [-0.05, 0) is 54.3 Å². The normalized spacial score (nSPS) is 15.0. The number of alkyl halides is 2. The summed E-state index contributed by atoms with van der Waals surface area (Å²) in [6, 6.07) is 17.4. The van der Waals surface area contributed by atoms with Crippen LogP contribution in [0.5, 0.6) is 17.2 Å². The van der Waals surface area contributed by atoms with E-state index >= 15 is 0 Å². The Bertz CT molecular complexity index is 1260. The van der Waals surface area contributed by atoms with Crippen LogP contribution in [0.2, 0.25) is 0 Å². The number of ether oxygens (including phenoxy) is 3. The Kier molecular flexibility index (Phi) is 7.38. The zero-order chi connectivity index (χ0) is 25.8. The van der Waals surface area contributed by atoms with Crippen LogP contribution in [-0.4, -0.2) is 50.7 Å². The molecule has 0 saturated carbocycles. The van der Waals surface area contributed by atoms with Crippen LogP contribution in [0.15, 0.2) is 65.8 Å². The second-order valence-electron chi connectivity index (χ2n) is 8.25. The van der Waals surface area contributed by atoms with Crippen LogP contribution in [0.1, 0.15) is 23.6 Å². The molecule has 0 aliphatic carbocycles. The summed E-state index contributed by atoms with van der Waals surface area (Å²) in [5, 5.41) is 8.87. The molecule has 0 radical (unpaired) electrons. The molecule has 1 aliphatic heterocycles. The summed E-state index contributed by atoms with van der Waals surface area (Å²) < 4.78 is 40.3. The van der Waals surface area contributed by atoms with Crippen molar-refractivity contribution in [3.8, 4) is 28.4 Å². The summed E-state index contributed by atoms with van der Waals surface area (Å²) in [4.78, 5) is 12.6. The van der Waals surface area contributed by atoms with E-state index in [2.05, 4.69) is 10.1 Å². The maximum Gasteiger partial charge on any atom is 0.387 e. The van der Waals surface area contributed by atoms with Gasteiger partial charge in [0.05, 0.1) is 26.0 Å². The summed E-state index contributed by atoms with van der Waals surface area (Å²) in [7, 11) is 4.73. The Morgan fingerprint density at radius 1 is 0.972 bits per heavy atom. The first-order valence-electron chi connectivity index (χ1n) is 11.3. The van der Waals surface area contributed by atoms with Crippen molar-refractivity contribution in [2.45, 2.75) is 26.0 Å². The van der Waals surface area contributed by atoms with Gasteiger partial charge in [0.2, 0.25) is 0 Å². The highest BCUT2D eigenvalue weighted by atomic mass is 19.3. The van der Waals surface area contributed by atoms with Gasteiger partial charge in [0.1, 0.15) is 5.75 Å². The fourth-order valence-electron chi connectivity index (χ4n) is 4.20. The summed E-state index contributed by atoms with van der Waals surface area (Å²) in [6.07, 6.45) is 0.571. The number of nitrogens with zero attached hydrogens (tertiary/aromatic N) is 2. The van der Waals surface area contributed by atoms with E-state index < -0.39 is 6.61 Å². The Morgan fingerprint density at radius 3 is 2.08 bits per heavy atom. The highest BCUT2D eigenvalue weighted by Gasteiger charge is 2.28. The monoisotopic (exact) mass is 495 g/mol. The summed E-state index contributed by atoms with van der Waals surface area (Å²) in [5.74, 6) is 1.26. The molecule has 0 fully saturated rings. The van der Waals surface area contributed by atoms with Gasteiger partial charge in [-0.15, -0.1) is 0 Å². The molecule has 0 spiro atoms. The minimum atomic E-state index is -2.87. The van der Waals surface area contributed by atoms with Gasteiger partial charge in [0, 0.05) is 18.2 Å². The number of methoxy groups -OCH3 is 2. The zero-order valence-corrected chi connectivity index (χ0v) is 20.4. The fraction of sp³-hybridized carbons (Fsp3) is 0.259. The predicted molar refractivity (Wildman–Crippen MR) is 133 cm³/mol. The van der Waals surface area contributed by atoms with E-state index in [1.807, 2.05) is 43.3 Å². The summed E-state index contributed by atoms with van der Waals surface area (Å²) >= 11 is 0. The Labute approximate surface area is 208 Å². The third-order valence-electron chi connectivity index (χ3n) is 6.00. The number of urea groups is 1. The molecule has 1 unspecified atom stereocenters. The largest absolute Gasteiger partial charge is 0.493 e. The van der Waals surface area contributed by atoms with Crippen molar-refractivity contribution in [3.05, 3.63) is 77.4 Å². The lowest BCUT2D eigenvalue weighted by Gasteiger charge is -2.22. The molecule has 9 heteroatoms. The molecule has 3 aromatic carbocycles. The lowest BCUT2D eigenvalue weighted by Crippen LogP contribution is -2.41. The molecular weight excluding hydrogens is 468 g/mol. The lowest BCUT2D eigenvalue weighted by atomic mass is 9.93. The molecule has 7 nitrogen and oxygen atoms in total. The molecule has 0 aromatic heterocycles. The average molecular weight is 496 g/mol. The predicted octanol–water partition coefficient (Wildman–Crippen LogP) is 5.31. The quantitative estimate of drug-likeness (QED) is 0.503. The van der Waals surface area contributed by atoms with Crippen LogP contribution < -0.4 is 19.5 Å². The molecule has 0 saturated heterocycles. The van der Waals surface area contributed by atoms with Crippen LogP contribution in [-0.2, 0) is 6.42 Å². The number of carbonyl (C=O) groups excluding carboxylic acids is 1. The van der Waals surface area contributed by atoms with Crippen molar-refractivity contribution in [2.24, 2.45) is 5.10 Å². The maximum absolute atomic E-state index is 12.6. The number of halogens is 2. The molecule has 4 rings (SSSR count). The van der Waals surface area contributed by atoms with Crippen molar-refractivity contribution >= 4 is 11.7 Å². The molecule has 3 aromatic rings. The summed E-state index contributed by atoms with van der Waals surface area (Å²) in [6.45, 7) is -0.929. The van der Waals surface area contributed by atoms with E-state index in [1.54, 1.807) is 33.4 Å². The van der Waals surface area contributed by atoms with E-state index in [0.717, 1.165) is 27.8 Å². The SMILES string of the molecule is CNC(=O)N1N=C(c2ccc(-c3ccc(OC(F)F)cc3)cc2)c2cc(OC)c(OC)cc2CC1C. The Hall–Kier alpha value is -4.14. The fourth-order valence-corrected chi connectivity index (χ4v) is 4.20. The van der Waals surface area contributed by atoms with E-state index in [-0.39, 0.29) is 17.8 Å². The highest BCUT2D eigenvalue weighted by Crippen LogP contribution is 2.35. The molecule has 36 heavy (non-hydrogen) atoms. The van der Waals surface area contributed by atoms with Crippen molar-refractivity contribution in [1.82, 2.24) is 10.3 Å². The van der Waals surface area contributed by atoms with Gasteiger partial charge >= 0.3 is 12.6 Å². The van der Waals surface area contributed by atoms with E-state index in [4.69, 9.17) is 14.6 Å². The number of hydrogen-bond donors (Lipinski definition) is 1. The number of rotatable bonds is 6. The first-order chi connectivity index (χ1) is 17.3. The highest BCUT2D eigenvalue weighted by molar-refractivity contribution is 6.14. The van der Waals surface area contributed by atoms with Gasteiger partial charge in [-0.25, -0.2) is 9.80 Å². The number of carbonyl (C=O) groups is 1. The molecule has 1 atom stereocenters. The van der Waals surface area contributed by atoms with Crippen molar-refractivity contribution in [2.75, 3.05) is 21.3 Å².